The highest BCUT2D eigenvalue weighted by Gasteiger charge is 2.24. The fourth-order valence-electron chi connectivity index (χ4n) is 1.49. The second kappa shape index (κ2) is 4.09. The zero-order valence-corrected chi connectivity index (χ0v) is 9.96. The Kier molecular flexibility index (Phi) is 3.19. The molecule has 0 aliphatic rings. The Balaban J connectivity index is 3.49. The predicted molar refractivity (Wildman–Crippen MR) is 62.4 cm³/mol. The molecule has 0 aliphatic heterocycles. The smallest absolute Gasteiger partial charge is 0.354 e. The predicted octanol–water partition coefficient (Wildman–Crippen LogP) is 1.67. The normalized spacial score (nSPS) is 11.3. The number of aromatic carboxylic acids is 1. The molecule has 0 saturated heterocycles. The summed E-state index contributed by atoms with van der Waals surface area (Å²) in [4.78, 5) is 15.1. The molecule has 0 aromatic carbocycles. The maximum Gasteiger partial charge on any atom is 0.354 e. The number of carboxylic acids is 1. The highest BCUT2D eigenvalue weighted by Crippen LogP contribution is 2.28. The third-order valence-electron chi connectivity index (χ3n) is 2.36. The van der Waals surface area contributed by atoms with E-state index in [2.05, 4.69) is 10.4 Å². The van der Waals surface area contributed by atoms with Gasteiger partial charge in [-0.3, -0.25) is 0 Å². The number of carbonyl (C=O) groups is 1. The summed E-state index contributed by atoms with van der Waals surface area (Å²) in [6, 6.07) is 1.81. The van der Waals surface area contributed by atoms with Gasteiger partial charge in [0.1, 0.15) is 5.82 Å². The summed E-state index contributed by atoms with van der Waals surface area (Å²) >= 11 is 0. The summed E-state index contributed by atoms with van der Waals surface area (Å²) in [6.07, 6.45) is 0. The lowest BCUT2D eigenvalue weighted by atomic mass is 9.85. The molecule has 16 heavy (non-hydrogen) atoms. The first-order chi connectivity index (χ1) is 7.27. The molecule has 0 amide bonds. The largest absolute Gasteiger partial charge is 0.477 e. The number of hydrazine groups is 1. The van der Waals surface area contributed by atoms with Gasteiger partial charge in [0.15, 0.2) is 5.69 Å². The number of nitrogens with two attached hydrogens (primary N) is 1. The number of hydrogen-bond acceptors (Lipinski definition) is 4. The maximum atomic E-state index is 11.1. The lowest BCUT2D eigenvalue weighted by molar-refractivity contribution is 0.0687. The van der Waals surface area contributed by atoms with Crippen LogP contribution in [0.1, 0.15) is 42.4 Å². The van der Waals surface area contributed by atoms with E-state index in [1.54, 1.807) is 0 Å². The molecule has 1 rings (SSSR count). The number of anilines is 1. The molecule has 4 N–H and O–H groups in total. The van der Waals surface area contributed by atoms with Crippen LogP contribution in [0.25, 0.3) is 0 Å². The van der Waals surface area contributed by atoms with Crippen LogP contribution in [-0.4, -0.2) is 16.1 Å². The first-order valence-corrected chi connectivity index (χ1v) is 4.99. The van der Waals surface area contributed by atoms with Crippen LogP contribution in [0.15, 0.2) is 6.07 Å². The maximum absolute atomic E-state index is 11.1. The van der Waals surface area contributed by atoms with Crippen molar-refractivity contribution in [2.24, 2.45) is 5.84 Å². The Hall–Kier alpha value is -1.62. The average molecular weight is 223 g/mol. The lowest BCUT2D eigenvalue weighted by Gasteiger charge is -2.22. The van der Waals surface area contributed by atoms with Gasteiger partial charge < -0.3 is 10.5 Å². The van der Waals surface area contributed by atoms with Gasteiger partial charge in [-0.25, -0.2) is 15.6 Å². The quantitative estimate of drug-likeness (QED) is 0.524. The zero-order chi connectivity index (χ0) is 12.5. The van der Waals surface area contributed by atoms with Gasteiger partial charge in [-0.2, -0.15) is 0 Å². The molecule has 0 bridgehead atoms. The first kappa shape index (κ1) is 12.4. The molecule has 5 heteroatoms. The zero-order valence-electron chi connectivity index (χ0n) is 9.96. The molecule has 0 fully saturated rings. The number of nitrogens with zero attached hydrogens (tertiary/aromatic N) is 1. The van der Waals surface area contributed by atoms with E-state index in [0.717, 1.165) is 5.56 Å². The van der Waals surface area contributed by atoms with Gasteiger partial charge in [-0.1, -0.05) is 20.8 Å². The number of rotatable bonds is 2. The summed E-state index contributed by atoms with van der Waals surface area (Å²) in [5, 5.41) is 9.11. The van der Waals surface area contributed by atoms with Crippen molar-refractivity contribution >= 4 is 11.8 Å². The van der Waals surface area contributed by atoms with E-state index in [1.807, 2.05) is 33.8 Å². The Morgan fingerprint density at radius 3 is 2.44 bits per heavy atom. The fraction of sp³-hybridized carbons (Fsp3) is 0.455. The van der Waals surface area contributed by atoms with Crippen LogP contribution in [0.3, 0.4) is 0 Å². The molecule has 5 nitrogen and oxygen atoms in total. The molecule has 1 aromatic heterocycles. The number of hydrogen-bond donors (Lipinski definition) is 3. The Labute approximate surface area is 94.7 Å². The van der Waals surface area contributed by atoms with Gasteiger partial charge in [0, 0.05) is 0 Å². The molecule has 0 unspecified atom stereocenters. The van der Waals surface area contributed by atoms with Gasteiger partial charge in [-0.15, -0.1) is 0 Å². The number of pyridine rings is 1. The number of aromatic nitrogens is 1. The summed E-state index contributed by atoms with van der Waals surface area (Å²) < 4.78 is 0. The van der Waals surface area contributed by atoms with E-state index >= 15 is 0 Å². The van der Waals surface area contributed by atoms with Gasteiger partial charge in [-0.05, 0) is 29.5 Å². The second-order valence-corrected chi connectivity index (χ2v) is 4.75. The molecule has 88 valence electrons. The Morgan fingerprint density at radius 2 is 2.06 bits per heavy atom. The van der Waals surface area contributed by atoms with Crippen LogP contribution in [0.5, 0.6) is 0 Å². The molecule has 1 heterocycles. The number of nitrogens with one attached hydrogen (secondary N) is 1. The summed E-state index contributed by atoms with van der Waals surface area (Å²) in [6.45, 7) is 7.69. The summed E-state index contributed by atoms with van der Waals surface area (Å²) in [5.74, 6) is 4.63. The minimum atomic E-state index is -1.04. The van der Waals surface area contributed by atoms with E-state index in [9.17, 15) is 4.79 Å². The van der Waals surface area contributed by atoms with E-state index < -0.39 is 5.97 Å². The van der Waals surface area contributed by atoms with E-state index in [4.69, 9.17) is 10.9 Å². The summed E-state index contributed by atoms with van der Waals surface area (Å²) in [5.41, 5.74) is 3.71. The minimum absolute atomic E-state index is 0.0473. The molecule has 0 atom stereocenters. The number of carboxylic acid groups (broad SMARTS) is 1. The molecule has 0 saturated carbocycles. The molecular weight excluding hydrogens is 206 g/mol. The summed E-state index contributed by atoms with van der Waals surface area (Å²) in [7, 11) is 0. The highest BCUT2D eigenvalue weighted by molar-refractivity contribution is 5.88. The number of aryl methyl sites for hydroxylation is 1. The van der Waals surface area contributed by atoms with Crippen LogP contribution in [0.4, 0.5) is 5.82 Å². The first-order valence-electron chi connectivity index (χ1n) is 4.99. The second-order valence-electron chi connectivity index (χ2n) is 4.75. The van der Waals surface area contributed by atoms with Crippen molar-refractivity contribution in [1.29, 1.82) is 0 Å². The molecule has 0 radical (unpaired) electrons. The Bertz CT molecular complexity index is 422. The standard InChI is InChI=1S/C11H17N3O2/c1-6-5-7(11(2,3)4)8(10(15)16)13-9(6)14-12/h5H,12H2,1-4H3,(H,13,14)(H,15,16). The van der Waals surface area contributed by atoms with Crippen molar-refractivity contribution in [3.8, 4) is 0 Å². The van der Waals surface area contributed by atoms with Crippen LogP contribution in [0, 0.1) is 6.92 Å². The van der Waals surface area contributed by atoms with Gasteiger partial charge in [0.25, 0.3) is 0 Å². The van der Waals surface area contributed by atoms with E-state index in [1.165, 1.54) is 0 Å². The van der Waals surface area contributed by atoms with Crippen LogP contribution in [0.2, 0.25) is 0 Å². The molecular formula is C11H17N3O2. The Morgan fingerprint density at radius 1 is 1.50 bits per heavy atom. The molecule has 0 aliphatic carbocycles. The topological polar surface area (TPSA) is 88.2 Å². The highest BCUT2D eigenvalue weighted by atomic mass is 16.4. The molecule has 0 spiro atoms. The monoisotopic (exact) mass is 223 g/mol. The fourth-order valence-corrected chi connectivity index (χ4v) is 1.49. The third-order valence-corrected chi connectivity index (χ3v) is 2.36. The minimum Gasteiger partial charge on any atom is -0.477 e. The lowest BCUT2D eigenvalue weighted by Crippen LogP contribution is -2.21. The van der Waals surface area contributed by atoms with Gasteiger partial charge in [0.2, 0.25) is 0 Å². The van der Waals surface area contributed by atoms with Crippen molar-refractivity contribution in [1.82, 2.24) is 4.98 Å². The van der Waals surface area contributed by atoms with Crippen molar-refractivity contribution in [3.05, 3.63) is 22.9 Å². The third kappa shape index (κ3) is 2.30. The van der Waals surface area contributed by atoms with Crippen LogP contribution < -0.4 is 11.3 Å². The number of nitrogen functional groups attached to an aromatic ring is 1. The van der Waals surface area contributed by atoms with Crippen molar-refractivity contribution in [3.63, 3.8) is 0 Å². The van der Waals surface area contributed by atoms with E-state index in [0.29, 0.717) is 11.4 Å². The van der Waals surface area contributed by atoms with Crippen LogP contribution >= 0.6 is 0 Å². The molecule has 1 aromatic rings. The van der Waals surface area contributed by atoms with Crippen molar-refractivity contribution < 1.29 is 9.90 Å². The van der Waals surface area contributed by atoms with Gasteiger partial charge in [0.05, 0.1) is 0 Å². The average Bonchev–Trinajstić information content (AvgIpc) is 2.15. The van der Waals surface area contributed by atoms with Crippen molar-refractivity contribution in [2.75, 3.05) is 5.43 Å². The van der Waals surface area contributed by atoms with Crippen molar-refractivity contribution in [2.45, 2.75) is 33.1 Å². The SMILES string of the molecule is Cc1cc(C(C)(C)C)c(C(=O)O)nc1NN. The van der Waals surface area contributed by atoms with Crippen LogP contribution in [-0.2, 0) is 5.41 Å². The van der Waals surface area contributed by atoms with E-state index in [-0.39, 0.29) is 11.1 Å². The van der Waals surface area contributed by atoms with Gasteiger partial charge >= 0.3 is 5.97 Å².